The molecule has 192 valence electrons. The lowest BCUT2D eigenvalue weighted by Gasteiger charge is -2.33. The fraction of sp³-hybridized carbons (Fsp3) is 0.333. The van der Waals surface area contributed by atoms with Gasteiger partial charge in [-0.15, -0.1) is 0 Å². The first-order chi connectivity index (χ1) is 18.1. The second-order valence-corrected chi connectivity index (χ2v) is 9.73. The van der Waals surface area contributed by atoms with Crippen LogP contribution in [0.4, 0.5) is 4.79 Å². The van der Waals surface area contributed by atoms with Gasteiger partial charge in [-0.25, -0.2) is 9.59 Å². The first-order valence-corrected chi connectivity index (χ1v) is 12.9. The summed E-state index contributed by atoms with van der Waals surface area (Å²) in [6, 6.07) is 28.2. The predicted molar refractivity (Wildman–Crippen MR) is 143 cm³/mol. The molecule has 0 N–H and O–H groups in total. The molecule has 1 aliphatic heterocycles. The lowest BCUT2D eigenvalue weighted by atomic mass is 10.0. The van der Waals surface area contributed by atoms with Crippen molar-refractivity contribution in [1.82, 2.24) is 14.4 Å². The number of hydrogen-bond donors (Lipinski definition) is 0. The summed E-state index contributed by atoms with van der Waals surface area (Å²) in [5.41, 5.74) is 3.85. The highest BCUT2D eigenvalue weighted by molar-refractivity contribution is 5.72. The minimum atomic E-state index is -0.340. The molecule has 0 radical (unpaired) electrons. The number of aromatic nitrogens is 1. The van der Waals surface area contributed by atoms with Crippen molar-refractivity contribution >= 4 is 17.2 Å². The van der Waals surface area contributed by atoms with Gasteiger partial charge < -0.3 is 14.1 Å². The fourth-order valence-corrected chi connectivity index (χ4v) is 5.03. The molecule has 4 aromatic rings. The summed E-state index contributed by atoms with van der Waals surface area (Å²) in [5.74, 6) is -0.340. The summed E-state index contributed by atoms with van der Waals surface area (Å²) < 4.78 is 12.9. The highest BCUT2D eigenvalue weighted by atomic mass is 16.6. The highest BCUT2D eigenvalue weighted by Gasteiger charge is 2.28. The highest BCUT2D eigenvalue weighted by Crippen LogP contribution is 2.26. The van der Waals surface area contributed by atoms with E-state index in [4.69, 9.17) is 9.15 Å². The number of benzene rings is 3. The molecule has 1 aliphatic rings. The Labute approximate surface area is 216 Å². The monoisotopic (exact) mass is 499 g/mol. The normalized spacial score (nSPS) is 15.2. The van der Waals surface area contributed by atoms with Crippen LogP contribution in [0, 0.1) is 0 Å². The van der Waals surface area contributed by atoms with Gasteiger partial charge in [0.2, 0.25) is 0 Å². The molecule has 1 fully saturated rings. The second-order valence-electron chi connectivity index (χ2n) is 9.73. The van der Waals surface area contributed by atoms with Crippen LogP contribution in [0.25, 0.3) is 11.1 Å². The zero-order chi connectivity index (χ0) is 25.6. The quantitative estimate of drug-likeness (QED) is 0.322. The van der Waals surface area contributed by atoms with Crippen LogP contribution in [-0.2, 0) is 17.8 Å². The van der Waals surface area contributed by atoms with Gasteiger partial charge in [0.05, 0.1) is 5.52 Å². The molecule has 0 aliphatic carbocycles. The van der Waals surface area contributed by atoms with Crippen LogP contribution in [0.2, 0.25) is 0 Å². The van der Waals surface area contributed by atoms with E-state index < -0.39 is 0 Å². The van der Waals surface area contributed by atoms with Crippen molar-refractivity contribution in [3.63, 3.8) is 0 Å². The van der Waals surface area contributed by atoms with Crippen LogP contribution in [0.1, 0.15) is 36.9 Å². The Morgan fingerprint density at radius 2 is 1.49 bits per heavy atom. The molecule has 5 rings (SSSR count). The first kappa shape index (κ1) is 24.8. The SMILES string of the molecule is C[C@@H](COC(=O)N1CCC(n2c(=O)oc3ccccc32)CC1)N(Cc1ccccc1)Cc1ccccc1. The molecule has 0 bridgehead atoms. The fourth-order valence-electron chi connectivity index (χ4n) is 5.03. The number of oxazole rings is 1. The van der Waals surface area contributed by atoms with Crippen LogP contribution in [0.5, 0.6) is 0 Å². The number of fused-ring (bicyclic) bond motifs is 1. The van der Waals surface area contributed by atoms with Crippen molar-refractivity contribution in [3.8, 4) is 0 Å². The Morgan fingerprint density at radius 3 is 2.11 bits per heavy atom. The number of likely N-dealkylation sites (tertiary alicyclic amines) is 1. The molecule has 37 heavy (non-hydrogen) atoms. The van der Waals surface area contributed by atoms with Crippen molar-refractivity contribution < 1.29 is 13.9 Å². The zero-order valence-corrected chi connectivity index (χ0v) is 21.2. The summed E-state index contributed by atoms with van der Waals surface area (Å²) in [6.45, 7) is 5.04. The van der Waals surface area contributed by atoms with Gasteiger partial charge in [-0.3, -0.25) is 9.47 Å². The zero-order valence-electron chi connectivity index (χ0n) is 21.2. The van der Waals surface area contributed by atoms with E-state index in [1.165, 1.54) is 11.1 Å². The van der Waals surface area contributed by atoms with Crippen LogP contribution in [0.15, 0.2) is 94.1 Å². The average Bonchev–Trinajstić information content (AvgIpc) is 3.28. The van der Waals surface area contributed by atoms with Gasteiger partial charge in [0.1, 0.15) is 6.61 Å². The molecule has 1 atom stereocenters. The molecule has 1 aromatic heterocycles. The summed E-state index contributed by atoms with van der Waals surface area (Å²) in [7, 11) is 0. The maximum atomic E-state index is 12.9. The van der Waals surface area contributed by atoms with Crippen molar-refractivity contribution in [3.05, 3.63) is 107 Å². The Bertz CT molecular complexity index is 1320. The van der Waals surface area contributed by atoms with E-state index >= 15 is 0 Å². The molecule has 1 saturated heterocycles. The van der Waals surface area contributed by atoms with Gasteiger partial charge in [0.25, 0.3) is 0 Å². The minimum Gasteiger partial charge on any atom is -0.448 e. The second kappa shape index (κ2) is 11.5. The summed E-state index contributed by atoms with van der Waals surface area (Å²) in [5, 5.41) is 0. The maximum absolute atomic E-state index is 12.9. The van der Waals surface area contributed by atoms with Crippen LogP contribution >= 0.6 is 0 Å². The standard InChI is InChI=1S/C30H33N3O4/c1-23(32(20-24-10-4-2-5-11-24)21-25-12-6-3-7-13-25)22-36-29(34)31-18-16-26(17-19-31)33-27-14-8-9-15-28(27)37-30(33)35/h2-15,23,26H,16-22H2,1H3/t23-/m0/s1. The predicted octanol–water partition coefficient (Wildman–Crippen LogP) is 5.46. The number of para-hydroxylation sites is 2. The van der Waals surface area contributed by atoms with Crippen LogP contribution in [0.3, 0.4) is 0 Å². The van der Waals surface area contributed by atoms with Crippen molar-refractivity contribution in [2.75, 3.05) is 19.7 Å². The van der Waals surface area contributed by atoms with Gasteiger partial charge in [-0.2, -0.15) is 0 Å². The Kier molecular flexibility index (Phi) is 7.70. The van der Waals surface area contributed by atoms with E-state index in [1.807, 2.05) is 54.6 Å². The molecule has 2 heterocycles. The molecule has 3 aromatic carbocycles. The number of carbonyl (C=O) groups excluding carboxylic acids is 1. The van der Waals surface area contributed by atoms with E-state index in [9.17, 15) is 9.59 Å². The molecule has 7 nitrogen and oxygen atoms in total. The molecule has 1 amide bonds. The number of ether oxygens (including phenoxy) is 1. The van der Waals surface area contributed by atoms with Gasteiger partial charge >= 0.3 is 11.8 Å². The van der Waals surface area contributed by atoms with Crippen molar-refractivity contribution in [1.29, 1.82) is 0 Å². The number of nitrogens with zero attached hydrogens (tertiary/aromatic N) is 3. The van der Waals surface area contributed by atoms with Gasteiger partial charge in [-0.1, -0.05) is 72.8 Å². The number of rotatable bonds is 8. The summed E-state index contributed by atoms with van der Waals surface area (Å²) in [4.78, 5) is 29.4. The number of piperidine rings is 1. The number of amides is 1. The van der Waals surface area contributed by atoms with E-state index in [0.717, 1.165) is 18.6 Å². The third-order valence-corrected chi connectivity index (χ3v) is 7.13. The third-order valence-electron chi connectivity index (χ3n) is 7.13. The number of carbonyl (C=O) groups is 1. The van der Waals surface area contributed by atoms with E-state index in [2.05, 4.69) is 36.1 Å². The first-order valence-electron chi connectivity index (χ1n) is 12.9. The summed E-state index contributed by atoms with van der Waals surface area (Å²) >= 11 is 0. The minimum absolute atomic E-state index is 0.00589. The molecule has 0 unspecified atom stereocenters. The third kappa shape index (κ3) is 5.94. The van der Waals surface area contributed by atoms with Gasteiger partial charge in [0, 0.05) is 38.3 Å². The van der Waals surface area contributed by atoms with E-state index in [0.29, 0.717) is 38.1 Å². The molecule has 7 heteroatoms. The van der Waals surface area contributed by atoms with Crippen molar-refractivity contribution in [2.45, 2.75) is 44.9 Å². The Morgan fingerprint density at radius 1 is 0.919 bits per heavy atom. The van der Waals surface area contributed by atoms with Gasteiger partial charge in [-0.05, 0) is 43.0 Å². The average molecular weight is 500 g/mol. The molecular formula is C30H33N3O4. The maximum Gasteiger partial charge on any atom is 0.420 e. The van der Waals surface area contributed by atoms with Gasteiger partial charge in [0.15, 0.2) is 5.58 Å². The molecular weight excluding hydrogens is 466 g/mol. The lowest BCUT2D eigenvalue weighted by Crippen LogP contribution is -2.42. The summed E-state index contributed by atoms with van der Waals surface area (Å²) in [6.07, 6.45) is 1.07. The van der Waals surface area contributed by atoms with E-state index in [-0.39, 0.29) is 23.9 Å². The van der Waals surface area contributed by atoms with Crippen LogP contribution < -0.4 is 5.76 Å². The topological polar surface area (TPSA) is 67.9 Å². The smallest absolute Gasteiger partial charge is 0.420 e. The Hall–Kier alpha value is -3.84. The van der Waals surface area contributed by atoms with E-state index in [1.54, 1.807) is 15.5 Å². The van der Waals surface area contributed by atoms with Crippen LogP contribution in [-0.4, -0.2) is 46.2 Å². The molecule has 0 saturated carbocycles. The largest absolute Gasteiger partial charge is 0.448 e. The molecule has 0 spiro atoms. The van der Waals surface area contributed by atoms with Crippen molar-refractivity contribution in [2.24, 2.45) is 0 Å². The Balaban J connectivity index is 1.17. The lowest BCUT2D eigenvalue weighted by molar-refractivity contribution is 0.0566. The number of hydrogen-bond acceptors (Lipinski definition) is 5.